The van der Waals surface area contributed by atoms with Gasteiger partial charge in [0.25, 0.3) is 0 Å². The molecule has 0 spiro atoms. The highest BCUT2D eigenvalue weighted by molar-refractivity contribution is 4.97. The van der Waals surface area contributed by atoms with Crippen molar-refractivity contribution >= 4 is 0 Å². The minimum absolute atomic E-state index is 0.430. The molecule has 0 aromatic carbocycles. The van der Waals surface area contributed by atoms with Gasteiger partial charge in [0.05, 0.1) is 0 Å². The van der Waals surface area contributed by atoms with E-state index in [2.05, 4.69) is 26.2 Å². The third kappa shape index (κ3) is 2.23. The Labute approximate surface area is 82.3 Å². The van der Waals surface area contributed by atoms with Gasteiger partial charge in [-0.3, -0.25) is 0 Å². The third-order valence-corrected chi connectivity index (χ3v) is 3.55. The monoisotopic (exact) mass is 184 g/mol. The first-order valence-electron chi connectivity index (χ1n) is 5.52. The summed E-state index contributed by atoms with van der Waals surface area (Å²) in [5.74, 6) is 0.765. The molecule has 2 nitrogen and oxygen atoms in total. The number of nitrogens with one attached hydrogen (secondary N) is 1. The van der Waals surface area contributed by atoms with Crippen LogP contribution in [-0.4, -0.2) is 19.6 Å². The first kappa shape index (κ1) is 11.0. The Kier molecular flexibility index (Phi) is 3.74. The minimum atomic E-state index is 0.430. The average molecular weight is 184 g/mol. The van der Waals surface area contributed by atoms with Gasteiger partial charge in [-0.15, -0.1) is 0 Å². The molecular weight excluding hydrogens is 160 g/mol. The molecule has 1 unspecified atom stereocenters. The number of hydrogen-bond donors (Lipinski definition) is 2. The minimum Gasteiger partial charge on any atom is -0.330 e. The van der Waals surface area contributed by atoms with Crippen LogP contribution in [0.2, 0.25) is 0 Å². The maximum absolute atomic E-state index is 5.88. The van der Waals surface area contributed by atoms with Crippen molar-refractivity contribution in [1.82, 2.24) is 5.32 Å². The second-order valence-corrected chi connectivity index (χ2v) is 4.89. The van der Waals surface area contributed by atoms with E-state index in [-0.39, 0.29) is 0 Å². The summed E-state index contributed by atoms with van der Waals surface area (Å²) in [4.78, 5) is 0. The first-order chi connectivity index (χ1) is 6.14. The lowest BCUT2D eigenvalue weighted by Crippen LogP contribution is -2.53. The normalized spacial score (nSPS) is 22.8. The molecule has 0 radical (unpaired) electrons. The van der Waals surface area contributed by atoms with Crippen molar-refractivity contribution in [1.29, 1.82) is 0 Å². The van der Waals surface area contributed by atoms with E-state index in [9.17, 15) is 0 Å². The largest absolute Gasteiger partial charge is 0.330 e. The van der Waals surface area contributed by atoms with E-state index in [1.807, 2.05) is 0 Å². The Balaban J connectivity index is 2.52. The predicted molar refractivity (Wildman–Crippen MR) is 57.6 cm³/mol. The molecule has 1 saturated carbocycles. The number of rotatable bonds is 5. The Bertz CT molecular complexity index is 145. The second-order valence-electron chi connectivity index (χ2n) is 4.89. The van der Waals surface area contributed by atoms with Crippen LogP contribution in [0, 0.1) is 11.3 Å². The van der Waals surface area contributed by atoms with Crippen LogP contribution in [0.1, 0.15) is 39.5 Å². The van der Waals surface area contributed by atoms with Crippen molar-refractivity contribution < 1.29 is 0 Å². The molecule has 0 aliphatic heterocycles. The van der Waals surface area contributed by atoms with Crippen LogP contribution >= 0.6 is 0 Å². The van der Waals surface area contributed by atoms with Crippen molar-refractivity contribution in [2.75, 3.05) is 13.6 Å². The number of hydrogen-bond acceptors (Lipinski definition) is 2. The topological polar surface area (TPSA) is 38.0 Å². The molecule has 0 amide bonds. The Morgan fingerprint density at radius 1 is 1.38 bits per heavy atom. The molecule has 1 aliphatic carbocycles. The van der Waals surface area contributed by atoms with Crippen LogP contribution in [0.3, 0.4) is 0 Å². The van der Waals surface area contributed by atoms with Gasteiger partial charge in [-0.05, 0) is 44.2 Å². The van der Waals surface area contributed by atoms with E-state index in [0.717, 1.165) is 12.5 Å². The summed E-state index contributed by atoms with van der Waals surface area (Å²) in [5.41, 5.74) is 6.31. The maximum Gasteiger partial charge on any atom is 0.0135 e. The van der Waals surface area contributed by atoms with E-state index in [1.54, 1.807) is 0 Å². The van der Waals surface area contributed by atoms with Crippen molar-refractivity contribution in [2.24, 2.45) is 17.1 Å². The van der Waals surface area contributed by atoms with Crippen LogP contribution in [0.15, 0.2) is 0 Å². The molecule has 3 N–H and O–H groups in total. The highest BCUT2D eigenvalue weighted by Crippen LogP contribution is 2.44. The zero-order valence-corrected chi connectivity index (χ0v) is 9.27. The summed E-state index contributed by atoms with van der Waals surface area (Å²) in [6.07, 6.45) is 5.27. The van der Waals surface area contributed by atoms with Crippen LogP contribution in [0.4, 0.5) is 0 Å². The van der Waals surface area contributed by atoms with Gasteiger partial charge in [-0.2, -0.15) is 0 Å². The highest BCUT2D eigenvalue weighted by atomic mass is 14.9. The maximum atomic E-state index is 5.88. The zero-order chi connectivity index (χ0) is 9.90. The van der Waals surface area contributed by atoms with E-state index in [1.165, 1.54) is 25.7 Å². The van der Waals surface area contributed by atoms with Gasteiger partial charge in [-0.1, -0.05) is 20.3 Å². The van der Waals surface area contributed by atoms with Gasteiger partial charge in [0.2, 0.25) is 0 Å². The fraction of sp³-hybridized carbons (Fsp3) is 1.00. The Hall–Kier alpha value is -0.0800. The van der Waals surface area contributed by atoms with Gasteiger partial charge in [0, 0.05) is 6.04 Å². The van der Waals surface area contributed by atoms with Crippen LogP contribution in [0.5, 0.6) is 0 Å². The van der Waals surface area contributed by atoms with Crippen molar-refractivity contribution in [3.05, 3.63) is 0 Å². The molecular formula is C11H24N2. The van der Waals surface area contributed by atoms with E-state index >= 15 is 0 Å². The molecule has 13 heavy (non-hydrogen) atoms. The lowest BCUT2D eigenvalue weighted by Gasteiger charge is -2.47. The summed E-state index contributed by atoms with van der Waals surface area (Å²) in [5, 5.41) is 3.45. The smallest absolute Gasteiger partial charge is 0.0135 e. The summed E-state index contributed by atoms with van der Waals surface area (Å²) < 4.78 is 0. The van der Waals surface area contributed by atoms with Crippen LogP contribution in [-0.2, 0) is 0 Å². The lowest BCUT2D eigenvalue weighted by atomic mass is 9.62. The van der Waals surface area contributed by atoms with E-state index < -0.39 is 0 Å². The van der Waals surface area contributed by atoms with Crippen molar-refractivity contribution in [3.8, 4) is 0 Å². The Morgan fingerprint density at radius 2 is 2.00 bits per heavy atom. The molecule has 0 bridgehead atoms. The SMILES string of the molecule is CNC(CC(C)C)C1(CN)CCC1. The van der Waals surface area contributed by atoms with Gasteiger partial charge < -0.3 is 11.1 Å². The molecule has 78 valence electrons. The molecule has 0 heterocycles. The molecule has 2 heteroatoms. The summed E-state index contributed by atoms with van der Waals surface area (Å²) in [7, 11) is 2.07. The molecule has 0 saturated heterocycles. The van der Waals surface area contributed by atoms with Crippen LogP contribution < -0.4 is 11.1 Å². The van der Waals surface area contributed by atoms with Crippen molar-refractivity contribution in [2.45, 2.75) is 45.6 Å². The molecule has 0 aromatic heterocycles. The second kappa shape index (κ2) is 4.43. The van der Waals surface area contributed by atoms with Gasteiger partial charge >= 0.3 is 0 Å². The average Bonchev–Trinajstić information content (AvgIpc) is 2.01. The number of nitrogens with two attached hydrogens (primary N) is 1. The lowest BCUT2D eigenvalue weighted by molar-refractivity contribution is 0.0765. The zero-order valence-electron chi connectivity index (χ0n) is 9.27. The molecule has 1 rings (SSSR count). The highest BCUT2D eigenvalue weighted by Gasteiger charge is 2.42. The van der Waals surface area contributed by atoms with Gasteiger partial charge in [-0.25, -0.2) is 0 Å². The quantitative estimate of drug-likeness (QED) is 0.683. The molecule has 1 aliphatic rings. The van der Waals surface area contributed by atoms with Gasteiger partial charge in [0.15, 0.2) is 0 Å². The standard InChI is InChI=1S/C11H24N2/c1-9(2)7-10(13-3)11(8-12)5-4-6-11/h9-10,13H,4-8,12H2,1-3H3. The van der Waals surface area contributed by atoms with E-state index in [0.29, 0.717) is 11.5 Å². The van der Waals surface area contributed by atoms with E-state index in [4.69, 9.17) is 5.73 Å². The molecule has 1 fully saturated rings. The fourth-order valence-electron chi connectivity index (χ4n) is 2.47. The van der Waals surface area contributed by atoms with Gasteiger partial charge in [0.1, 0.15) is 0 Å². The summed E-state index contributed by atoms with van der Waals surface area (Å²) in [6.45, 7) is 5.42. The summed E-state index contributed by atoms with van der Waals surface area (Å²) in [6, 6.07) is 0.631. The fourth-order valence-corrected chi connectivity index (χ4v) is 2.47. The van der Waals surface area contributed by atoms with Crippen LogP contribution in [0.25, 0.3) is 0 Å². The Morgan fingerprint density at radius 3 is 2.23 bits per heavy atom. The third-order valence-electron chi connectivity index (χ3n) is 3.55. The molecule has 0 aromatic rings. The first-order valence-corrected chi connectivity index (χ1v) is 5.52. The predicted octanol–water partition coefficient (Wildman–Crippen LogP) is 1.75. The summed E-state index contributed by atoms with van der Waals surface area (Å²) >= 11 is 0. The van der Waals surface area contributed by atoms with Crippen molar-refractivity contribution in [3.63, 3.8) is 0 Å². The molecule has 1 atom stereocenters.